The first kappa shape index (κ1) is 16.5. The average molecular weight is 391 g/mol. The van der Waals surface area contributed by atoms with Crippen LogP contribution in [0, 0.1) is 6.92 Å². The number of rotatable bonds is 3. The molecule has 0 bridgehead atoms. The van der Waals surface area contributed by atoms with Crippen LogP contribution >= 0.6 is 11.3 Å². The van der Waals surface area contributed by atoms with E-state index in [1.807, 2.05) is 29.6 Å². The minimum Gasteiger partial charge on any atom is -0.408 e. The standard InChI is InChI=1S/C19H13N5O3S/c1-10-16(24-7-3-2-4-15(24)20-10)17(25)23-18-21-13(9-28-18)11-5-6-12-14(8-11)27-19(26)22-12/h2-9H,1H3,(H,22,26)(H,21,23,25). The van der Waals surface area contributed by atoms with Gasteiger partial charge < -0.3 is 4.42 Å². The molecule has 1 amide bonds. The Balaban J connectivity index is 1.44. The molecular formula is C19H13N5O3S. The van der Waals surface area contributed by atoms with Gasteiger partial charge in [-0.05, 0) is 31.2 Å². The second kappa shape index (κ2) is 6.17. The number of H-pyrrole nitrogens is 1. The fourth-order valence-corrected chi connectivity index (χ4v) is 3.83. The topological polar surface area (TPSA) is 105 Å². The molecule has 138 valence electrons. The average Bonchev–Trinajstić information content (AvgIpc) is 3.35. The van der Waals surface area contributed by atoms with Gasteiger partial charge in [-0.1, -0.05) is 12.1 Å². The highest BCUT2D eigenvalue weighted by Gasteiger charge is 2.18. The molecule has 0 spiro atoms. The Kier molecular flexibility index (Phi) is 3.63. The summed E-state index contributed by atoms with van der Waals surface area (Å²) < 4.78 is 6.84. The summed E-state index contributed by atoms with van der Waals surface area (Å²) in [6, 6.07) is 10.9. The zero-order valence-corrected chi connectivity index (χ0v) is 15.4. The van der Waals surface area contributed by atoms with Gasteiger partial charge in [0.05, 0.1) is 16.9 Å². The van der Waals surface area contributed by atoms with Gasteiger partial charge in [0, 0.05) is 17.1 Å². The Morgan fingerprint density at radius 2 is 2.14 bits per heavy atom. The molecule has 4 aromatic heterocycles. The van der Waals surface area contributed by atoms with Crippen molar-refractivity contribution in [2.75, 3.05) is 5.32 Å². The molecule has 5 aromatic rings. The maximum Gasteiger partial charge on any atom is 0.417 e. The number of carbonyl (C=O) groups excluding carboxylic acids is 1. The smallest absolute Gasteiger partial charge is 0.408 e. The molecule has 0 aliphatic carbocycles. The number of carbonyl (C=O) groups is 1. The molecule has 9 heteroatoms. The Labute approximate surface area is 161 Å². The highest BCUT2D eigenvalue weighted by atomic mass is 32.1. The molecule has 28 heavy (non-hydrogen) atoms. The van der Waals surface area contributed by atoms with Crippen LogP contribution in [0.2, 0.25) is 0 Å². The van der Waals surface area contributed by atoms with Gasteiger partial charge in [-0.2, -0.15) is 0 Å². The molecule has 0 fully saturated rings. The summed E-state index contributed by atoms with van der Waals surface area (Å²) in [5, 5.41) is 5.15. The molecule has 0 radical (unpaired) electrons. The first-order chi connectivity index (χ1) is 13.6. The number of imidazole rings is 1. The minimum absolute atomic E-state index is 0.274. The van der Waals surface area contributed by atoms with Gasteiger partial charge in [0.2, 0.25) is 0 Å². The molecule has 0 aliphatic heterocycles. The van der Waals surface area contributed by atoms with E-state index in [4.69, 9.17) is 4.42 Å². The fourth-order valence-electron chi connectivity index (χ4n) is 3.11. The normalized spacial score (nSPS) is 11.3. The Morgan fingerprint density at radius 1 is 1.25 bits per heavy atom. The Morgan fingerprint density at radius 3 is 3.04 bits per heavy atom. The third-order valence-electron chi connectivity index (χ3n) is 4.36. The van der Waals surface area contributed by atoms with Gasteiger partial charge in [-0.15, -0.1) is 11.3 Å². The van der Waals surface area contributed by atoms with E-state index < -0.39 is 5.76 Å². The molecule has 0 saturated heterocycles. The highest BCUT2D eigenvalue weighted by molar-refractivity contribution is 7.14. The number of aromatic nitrogens is 4. The molecule has 8 nitrogen and oxygen atoms in total. The molecule has 2 N–H and O–H groups in total. The van der Waals surface area contributed by atoms with E-state index in [0.717, 1.165) is 5.56 Å². The van der Waals surface area contributed by atoms with E-state index in [1.165, 1.54) is 11.3 Å². The van der Waals surface area contributed by atoms with E-state index in [2.05, 4.69) is 20.3 Å². The molecule has 5 rings (SSSR count). The number of pyridine rings is 1. The Hall–Kier alpha value is -3.72. The molecule has 0 unspecified atom stereocenters. The first-order valence-corrected chi connectivity index (χ1v) is 9.30. The van der Waals surface area contributed by atoms with E-state index in [9.17, 15) is 9.59 Å². The van der Waals surface area contributed by atoms with Crippen molar-refractivity contribution in [2.45, 2.75) is 6.92 Å². The van der Waals surface area contributed by atoms with Crippen molar-refractivity contribution < 1.29 is 9.21 Å². The number of fused-ring (bicyclic) bond motifs is 2. The van der Waals surface area contributed by atoms with Crippen LogP contribution in [0.1, 0.15) is 16.2 Å². The molecule has 0 aliphatic rings. The van der Waals surface area contributed by atoms with Crippen LogP contribution in [0.25, 0.3) is 28.0 Å². The van der Waals surface area contributed by atoms with Gasteiger partial charge in [0.25, 0.3) is 5.91 Å². The van der Waals surface area contributed by atoms with Crippen molar-refractivity contribution in [1.29, 1.82) is 0 Å². The number of nitrogens with one attached hydrogen (secondary N) is 2. The van der Waals surface area contributed by atoms with Crippen LogP contribution in [0.5, 0.6) is 0 Å². The summed E-state index contributed by atoms with van der Waals surface area (Å²) >= 11 is 1.32. The number of thiazole rings is 1. The van der Waals surface area contributed by atoms with Gasteiger partial charge in [0.1, 0.15) is 11.3 Å². The van der Waals surface area contributed by atoms with Crippen LogP contribution < -0.4 is 11.1 Å². The third-order valence-corrected chi connectivity index (χ3v) is 5.12. The van der Waals surface area contributed by atoms with Crippen LogP contribution in [-0.2, 0) is 0 Å². The summed E-state index contributed by atoms with van der Waals surface area (Å²) in [4.78, 5) is 35.6. The zero-order chi connectivity index (χ0) is 19.3. The lowest BCUT2D eigenvalue weighted by atomic mass is 10.1. The maximum absolute atomic E-state index is 12.8. The maximum atomic E-state index is 12.8. The molecule has 0 saturated carbocycles. The molecular weight excluding hydrogens is 378 g/mol. The van der Waals surface area contributed by atoms with Crippen LogP contribution in [0.15, 0.2) is 57.2 Å². The van der Waals surface area contributed by atoms with E-state index >= 15 is 0 Å². The summed E-state index contributed by atoms with van der Waals surface area (Å²) in [6.07, 6.45) is 1.80. The number of hydrogen-bond donors (Lipinski definition) is 2. The Bertz CT molecular complexity index is 1410. The molecule has 4 heterocycles. The summed E-state index contributed by atoms with van der Waals surface area (Å²) in [7, 11) is 0. The predicted octanol–water partition coefficient (Wildman–Crippen LogP) is 3.45. The van der Waals surface area contributed by atoms with E-state index in [0.29, 0.717) is 39.0 Å². The van der Waals surface area contributed by atoms with Gasteiger partial charge in [-0.25, -0.2) is 14.8 Å². The van der Waals surface area contributed by atoms with Crippen molar-refractivity contribution in [3.63, 3.8) is 0 Å². The SMILES string of the molecule is Cc1nc2ccccn2c1C(=O)Nc1nc(-c2ccc3[nH]c(=O)oc3c2)cs1. The number of nitrogens with zero attached hydrogens (tertiary/aromatic N) is 3. The minimum atomic E-state index is -0.498. The third kappa shape index (κ3) is 2.69. The van der Waals surface area contributed by atoms with Crippen molar-refractivity contribution in [1.82, 2.24) is 19.4 Å². The second-order valence-corrected chi connectivity index (χ2v) is 7.05. The van der Waals surface area contributed by atoms with Gasteiger partial charge in [0.15, 0.2) is 10.7 Å². The predicted molar refractivity (Wildman–Crippen MR) is 106 cm³/mol. The summed E-state index contributed by atoms with van der Waals surface area (Å²) in [6.45, 7) is 1.80. The number of hydrogen-bond acceptors (Lipinski definition) is 6. The number of aryl methyl sites for hydroxylation is 1. The lowest BCUT2D eigenvalue weighted by molar-refractivity contribution is 0.102. The van der Waals surface area contributed by atoms with Gasteiger partial charge in [-0.3, -0.25) is 19.5 Å². The molecule has 0 atom stereocenters. The van der Waals surface area contributed by atoms with Crippen LogP contribution in [-0.4, -0.2) is 25.3 Å². The largest absolute Gasteiger partial charge is 0.417 e. The number of benzene rings is 1. The van der Waals surface area contributed by atoms with E-state index in [1.54, 1.807) is 29.7 Å². The highest BCUT2D eigenvalue weighted by Crippen LogP contribution is 2.27. The first-order valence-electron chi connectivity index (χ1n) is 8.42. The lowest BCUT2D eigenvalue weighted by Gasteiger charge is -2.03. The van der Waals surface area contributed by atoms with Crippen LogP contribution in [0.3, 0.4) is 0 Å². The molecule has 1 aromatic carbocycles. The van der Waals surface area contributed by atoms with Crippen molar-refractivity contribution in [3.8, 4) is 11.3 Å². The fraction of sp³-hybridized carbons (Fsp3) is 0.0526. The van der Waals surface area contributed by atoms with Crippen molar-refractivity contribution in [2.24, 2.45) is 0 Å². The number of aromatic amines is 1. The second-order valence-electron chi connectivity index (χ2n) is 6.19. The van der Waals surface area contributed by atoms with E-state index in [-0.39, 0.29) is 5.91 Å². The summed E-state index contributed by atoms with van der Waals surface area (Å²) in [5.41, 5.74) is 4.39. The van der Waals surface area contributed by atoms with Gasteiger partial charge >= 0.3 is 5.76 Å². The zero-order valence-electron chi connectivity index (χ0n) is 14.6. The quantitative estimate of drug-likeness (QED) is 0.490. The van der Waals surface area contributed by atoms with Crippen molar-refractivity contribution in [3.05, 3.63) is 69.9 Å². The van der Waals surface area contributed by atoms with Crippen LogP contribution in [0.4, 0.5) is 5.13 Å². The van der Waals surface area contributed by atoms with Crippen molar-refractivity contribution >= 4 is 39.1 Å². The number of oxazole rings is 1. The lowest BCUT2D eigenvalue weighted by Crippen LogP contribution is -2.15. The summed E-state index contributed by atoms with van der Waals surface area (Å²) in [5.74, 6) is -0.772. The number of amides is 1. The monoisotopic (exact) mass is 391 g/mol. The number of anilines is 1.